The number of ether oxygens (including phenoxy) is 1. The van der Waals surface area contributed by atoms with Crippen LogP contribution < -0.4 is 10.1 Å². The molecule has 4 rings (SSSR count). The number of rotatable bonds is 8. The van der Waals surface area contributed by atoms with Crippen LogP contribution in [0.15, 0.2) is 60.8 Å². The second-order valence-electron chi connectivity index (χ2n) is 8.66. The number of anilines is 1. The van der Waals surface area contributed by atoms with Crippen LogP contribution in [0.1, 0.15) is 24.5 Å². The Balaban J connectivity index is 1.29. The van der Waals surface area contributed by atoms with Crippen molar-refractivity contribution < 1.29 is 14.6 Å². The Labute approximate surface area is 195 Å². The van der Waals surface area contributed by atoms with E-state index in [0.717, 1.165) is 53.8 Å². The number of piperidine rings is 1. The Hall–Kier alpha value is -3.00. The number of carbonyl (C=O) groups excluding carboxylic acids is 1. The summed E-state index contributed by atoms with van der Waals surface area (Å²) in [5.41, 5.74) is 2.54. The van der Waals surface area contributed by atoms with Crippen LogP contribution >= 0.6 is 0 Å². The number of hydrogen-bond acceptors (Lipinski definition) is 6. The average Bonchev–Trinajstić information content (AvgIpc) is 2.84. The van der Waals surface area contributed by atoms with Crippen LogP contribution in [0.2, 0.25) is 0 Å². The number of nitrogens with one attached hydrogen (secondary N) is 1. The number of fused-ring (bicyclic) bond motifs is 1. The lowest BCUT2D eigenvalue weighted by Crippen LogP contribution is -2.46. The highest BCUT2D eigenvalue weighted by Gasteiger charge is 2.25. The van der Waals surface area contributed by atoms with E-state index in [4.69, 9.17) is 4.74 Å². The highest BCUT2D eigenvalue weighted by molar-refractivity contribution is 5.92. The van der Waals surface area contributed by atoms with Gasteiger partial charge in [0, 0.05) is 29.9 Å². The minimum atomic E-state index is -0.603. The minimum Gasteiger partial charge on any atom is -0.497 e. The smallest absolute Gasteiger partial charge is 0.238 e. The van der Waals surface area contributed by atoms with Gasteiger partial charge >= 0.3 is 0 Å². The van der Waals surface area contributed by atoms with Gasteiger partial charge in [-0.2, -0.15) is 0 Å². The summed E-state index contributed by atoms with van der Waals surface area (Å²) >= 11 is 0. The Morgan fingerprint density at radius 1 is 1.21 bits per heavy atom. The molecule has 0 aliphatic carbocycles. The highest BCUT2D eigenvalue weighted by Crippen LogP contribution is 2.28. The molecule has 2 heterocycles. The van der Waals surface area contributed by atoms with Crippen molar-refractivity contribution in [2.24, 2.45) is 0 Å². The fourth-order valence-corrected chi connectivity index (χ4v) is 4.53. The Morgan fingerprint density at radius 3 is 2.70 bits per heavy atom. The van der Waals surface area contributed by atoms with Crippen LogP contribution in [0, 0.1) is 0 Å². The second-order valence-corrected chi connectivity index (χ2v) is 8.66. The van der Waals surface area contributed by atoms with E-state index in [1.165, 1.54) is 0 Å². The third kappa shape index (κ3) is 5.87. The number of amides is 1. The number of nitrogens with zero attached hydrogens (tertiary/aromatic N) is 3. The summed E-state index contributed by atoms with van der Waals surface area (Å²) in [5.74, 6) is 0.755. The van der Waals surface area contributed by atoms with Gasteiger partial charge in [0.2, 0.25) is 5.91 Å². The largest absolute Gasteiger partial charge is 0.497 e. The third-order valence-electron chi connectivity index (χ3n) is 6.40. The van der Waals surface area contributed by atoms with Crippen LogP contribution in [0.25, 0.3) is 10.9 Å². The van der Waals surface area contributed by atoms with E-state index in [1.54, 1.807) is 13.3 Å². The Morgan fingerprint density at radius 2 is 1.97 bits per heavy atom. The van der Waals surface area contributed by atoms with Gasteiger partial charge in [-0.05, 0) is 74.9 Å². The van der Waals surface area contributed by atoms with Gasteiger partial charge in [-0.25, -0.2) is 0 Å². The predicted octanol–water partition coefficient (Wildman–Crippen LogP) is 3.31. The van der Waals surface area contributed by atoms with Crippen LogP contribution in [0.3, 0.4) is 0 Å². The van der Waals surface area contributed by atoms with E-state index in [-0.39, 0.29) is 5.91 Å². The van der Waals surface area contributed by atoms with Crippen molar-refractivity contribution in [3.05, 3.63) is 66.4 Å². The third-order valence-corrected chi connectivity index (χ3v) is 6.40. The molecule has 1 aromatic heterocycles. The zero-order valence-corrected chi connectivity index (χ0v) is 19.3. The Kier molecular flexibility index (Phi) is 7.54. The fraction of sp³-hybridized carbons (Fsp3) is 0.385. The van der Waals surface area contributed by atoms with Gasteiger partial charge in [0.15, 0.2) is 0 Å². The molecule has 1 atom stereocenters. The van der Waals surface area contributed by atoms with Crippen LogP contribution in [0.5, 0.6) is 5.75 Å². The number of β-amino-alcohol motifs (C(OH)–C–C–N with tert-alkyl or cyclic N) is 1. The monoisotopic (exact) mass is 448 g/mol. The fourth-order valence-electron chi connectivity index (χ4n) is 4.53. The molecule has 2 N–H and O–H groups in total. The molecule has 33 heavy (non-hydrogen) atoms. The molecule has 0 unspecified atom stereocenters. The van der Waals surface area contributed by atoms with Crippen molar-refractivity contribution in [1.29, 1.82) is 0 Å². The van der Waals surface area contributed by atoms with E-state index in [2.05, 4.69) is 20.1 Å². The number of carbonyl (C=O) groups is 1. The molecular weight excluding hydrogens is 416 g/mol. The van der Waals surface area contributed by atoms with E-state index in [9.17, 15) is 9.90 Å². The second kappa shape index (κ2) is 10.7. The van der Waals surface area contributed by atoms with Crippen LogP contribution in [0.4, 0.5) is 5.69 Å². The first kappa shape index (κ1) is 23.2. The molecule has 2 aromatic carbocycles. The summed E-state index contributed by atoms with van der Waals surface area (Å²) in [6, 6.07) is 17.5. The first-order valence-corrected chi connectivity index (χ1v) is 11.4. The summed E-state index contributed by atoms with van der Waals surface area (Å²) in [5, 5.41) is 14.9. The number of aromatic nitrogens is 1. The number of pyridine rings is 1. The summed E-state index contributed by atoms with van der Waals surface area (Å²) < 4.78 is 5.35. The summed E-state index contributed by atoms with van der Waals surface area (Å²) in [6.45, 7) is 2.71. The van der Waals surface area contributed by atoms with Gasteiger partial charge in [0.05, 0.1) is 25.3 Å². The standard InChI is InChI=1S/C26H32N4O3/c1-29(18-26(32)28-19-6-4-3-5-7-19)20-11-14-30(15-12-20)17-25(31)22-10-13-27-24-9-8-21(33-2)16-23(22)24/h3-10,13,16,20,25,31H,11-12,14-15,17-18H2,1-2H3,(H,28,32)/t25-/m1/s1. The lowest BCUT2D eigenvalue weighted by Gasteiger charge is -2.37. The molecule has 1 saturated heterocycles. The minimum absolute atomic E-state index is 0.00143. The number of hydrogen-bond donors (Lipinski definition) is 2. The van der Waals surface area contributed by atoms with Gasteiger partial charge in [0.1, 0.15) is 5.75 Å². The molecule has 3 aromatic rings. The molecule has 1 aliphatic rings. The number of para-hydroxylation sites is 1. The average molecular weight is 449 g/mol. The van der Waals surface area contributed by atoms with Gasteiger partial charge in [-0.15, -0.1) is 0 Å². The molecule has 0 spiro atoms. The molecule has 7 nitrogen and oxygen atoms in total. The highest BCUT2D eigenvalue weighted by atomic mass is 16.5. The van der Waals surface area contributed by atoms with Crippen LogP contribution in [-0.2, 0) is 4.79 Å². The van der Waals surface area contributed by atoms with E-state index in [1.807, 2.05) is 61.6 Å². The van der Waals surface area contributed by atoms with E-state index >= 15 is 0 Å². The lowest BCUT2D eigenvalue weighted by atomic mass is 10.0. The van der Waals surface area contributed by atoms with E-state index in [0.29, 0.717) is 19.1 Å². The number of methoxy groups -OCH3 is 1. The van der Waals surface area contributed by atoms with E-state index < -0.39 is 6.10 Å². The summed E-state index contributed by atoms with van der Waals surface area (Å²) in [4.78, 5) is 21.2. The number of likely N-dealkylation sites (N-methyl/N-ethyl adjacent to an activating group) is 1. The van der Waals surface area contributed by atoms with Gasteiger partial charge < -0.3 is 20.1 Å². The molecule has 1 aliphatic heterocycles. The molecule has 0 bridgehead atoms. The maximum atomic E-state index is 12.4. The molecule has 7 heteroatoms. The van der Waals surface area contributed by atoms with Gasteiger partial charge in [0.25, 0.3) is 0 Å². The quantitative estimate of drug-likeness (QED) is 0.551. The lowest BCUT2D eigenvalue weighted by molar-refractivity contribution is -0.117. The number of benzene rings is 2. The van der Waals surface area contributed by atoms with Gasteiger partial charge in [-0.3, -0.25) is 14.7 Å². The maximum absolute atomic E-state index is 12.4. The molecular formula is C26H32N4O3. The number of aliphatic hydroxyl groups is 1. The summed E-state index contributed by atoms with van der Waals surface area (Å²) in [6.07, 6.45) is 3.07. The first-order chi connectivity index (χ1) is 16.0. The SMILES string of the molecule is COc1ccc2nccc([C@H](O)CN3CCC(N(C)CC(=O)Nc4ccccc4)CC3)c2c1. The zero-order chi connectivity index (χ0) is 23.2. The summed E-state index contributed by atoms with van der Waals surface area (Å²) in [7, 11) is 3.65. The maximum Gasteiger partial charge on any atom is 0.238 e. The molecule has 1 amide bonds. The van der Waals surface area contributed by atoms with Crippen molar-refractivity contribution in [1.82, 2.24) is 14.8 Å². The van der Waals surface area contributed by atoms with Crippen LogP contribution in [-0.4, -0.2) is 72.2 Å². The van der Waals surface area contributed by atoms with Crippen molar-refractivity contribution in [2.75, 3.05) is 45.7 Å². The topological polar surface area (TPSA) is 77.9 Å². The normalized spacial score (nSPS) is 16.1. The zero-order valence-electron chi connectivity index (χ0n) is 19.3. The molecule has 174 valence electrons. The Bertz CT molecular complexity index is 1070. The predicted molar refractivity (Wildman–Crippen MR) is 130 cm³/mol. The van der Waals surface area contributed by atoms with Gasteiger partial charge in [-0.1, -0.05) is 18.2 Å². The van der Waals surface area contributed by atoms with Crippen molar-refractivity contribution in [3.8, 4) is 5.75 Å². The van der Waals surface area contributed by atoms with Crippen molar-refractivity contribution >= 4 is 22.5 Å². The first-order valence-electron chi connectivity index (χ1n) is 11.4. The molecule has 0 radical (unpaired) electrons. The van der Waals surface area contributed by atoms with Crippen molar-refractivity contribution in [2.45, 2.75) is 25.0 Å². The van der Waals surface area contributed by atoms with Crippen molar-refractivity contribution in [3.63, 3.8) is 0 Å². The number of likely N-dealkylation sites (tertiary alicyclic amines) is 1. The molecule has 1 fully saturated rings. The molecule has 0 saturated carbocycles. The number of aliphatic hydroxyl groups excluding tert-OH is 1.